The van der Waals surface area contributed by atoms with Gasteiger partial charge in [0.2, 0.25) is 0 Å². The summed E-state index contributed by atoms with van der Waals surface area (Å²) < 4.78 is 68.3. The Hall–Kier alpha value is -1.94. The zero-order chi connectivity index (χ0) is 66.6. The molecule has 0 spiro atoms. The minimum absolute atomic E-state index is 0.104. The number of hydrogen-bond donors (Lipinski definition) is 3. The number of phosphoric acid groups is 2. The quantitative estimate of drug-likeness (QED) is 0.0222. The molecular formula is C71H138O17P2. The van der Waals surface area contributed by atoms with Crippen LogP contribution in [-0.4, -0.2) is 96.7 Å². The Labute approximate surface area is 549 Å². The zero-order valence-corrected chi connectivity index (χ0v) is 60.4. The van der Waals surface area contributed by atoms with Gasteiger partial charge in [0.25, 0.3) is 0 Å². The number of unbranched alkanes of at least 4 members (excludes halogenated alkanes) is 35. The fourth-order valence-electron chi connectivity index (χ4n) is 10.7. The molecule has 0 amide bonds. The average molecular weight is 1330 g/mol. The fraction of sp³-hybridized carbons (Fsp3) is 0.944. The molecule has 0 aromatic heterocycles. The number of ether oxygens (including phenoxy) is 4. The molecule has 0 rings (SSSR count). The third-order valence-electron chi connectivity index (χ3n) is 17.1. The first-order valence-electron chi connectivity index (χ1n) is 36.9. The smallest absolute Gasteiger partial charge is 0.462 e. The summed E-state index contributed by atoms with van der Waals surface area (Å²) in [5.74, 6) is 0.151. The first-order chi connectivity index (χ1) is 43.3. The lowest BCUT2D eigenvalue weighted by molar-refractivity contribution is -0.161. The molecule has 0 aliphatic heterocycles. The standard InChI is InChI=1S/C71H138O17P2/c1-8-11-12-13-14-15-16-17-21-24-30-38-45-52-68(73)81-58-66(87-70(75)54-47-40-31-25-22-19-18-20-23-28-35-42-49-62(4)5)60-85-89(77,78)83-56-65(72)57-84-90(79,80)86-61-67(59-82-69(74)53-46-39-34-33-37-44-51-64(7)10-3)88-71(76)55-48-41-32-27-26-29-36-43-50-63(6)9-2/h62-67,72H,8-61H2,1-7H3,(H,77,78)(H,79,80)/t63?,64?,65-,66-,67-/m1/s1. The van der Waals surface area contributed by atoms with Gasteiger partial charge in [0.05, 0.1) is 26.4 Å². The second kappa shape index (κ2) is 61.9. The third kappa shape index (κ3) is 62.2. The van der Waals surface area contributed by atoms with E-state index in [1.54, 1.807) is 0 Å². The van der Waals surface area contributed by atoms with Crippen molar-refractivity contribution in [1.29, 1.82) is 0 Å². The average Bonchev–Trinajstić information content (AvgIpc) is 3.56. The van der Waals surface area contributed by atoms with Crippen molar-refractivity contribution >= 4 is 39.5 Å². The number of aliphatic hydroxyl groups is 1. The normalized spacial score (nSPS) is 14.8. The van der Waals surface area contributed by atoms with Crippen molar-refractivity contribution in [3.8, 4) is 0 Å². The maximum atomic E-state index is 13.0. The Balaban J connectivity index is 5.27. The summed E-state index contributed by atoms with van der Waals surface area (Å²) in [6.45, 7) is 11.8. The van der Waals surface area contributed by atoms with Crippen molar-refractivity contribution in [2.24, 2.45) is 17.8 Å². The molecular weight excluding hydrogens is 1190 g/mol. The number of hydrogen-bond acceptors (Lipinski definition) is 15. The number of carbonyl (C=O) groups excluding carboxylic acids is 4. The van der Waals surface area contributed by atoms with E-state index < -0.39 is 97.5 Å². The summed E-state index contributed by atoms with van der Waals surface area (Å²) in [5.41, 5.74) is 0. The third-order valence-corrected chi connectivity index (χ3v) is 19.0. The van der Waals surface area contributed by atoms with Gasteiger partial charge < -0.3 is 33.8 Å². The van der Waals surface area contributed by atoms with Crippen LogP contribution in [0.3, 0.4) is 0 Å². The SMILES string of the molecule is CCCCCCCCCCCCCCCC(=O)OC[C@H](COP(=O)(O)OC[C@@H](O)COP(=O)(O)OC[C@@H](COC(=O)CCCCCCCCC(C)CC)OC(=O)CCCCCCCCCCC(C)CC)OC(=O)CCCCCCCCCCCCCCC(C)C. The molecule has 0 aromatic carbocycles. The monoisotopic (exact) mass is 1320 g/mol. The van der Waals surface area contributed by atoms with Crippen molar-refractivity contribution in [3.63, 3.8) is 0 Å². The predicted molar refractivity (Wildman–Crippen MR) is 363 cm³/mol. The van der Waals surface area contributed by atoms with Crippen molar-refractivity contribution in [1.82, 2.24) is 0 Å². The minimum atomic E-state index is -4.95. The fourth-order valence-corrected chi connectivity index (χ4v) is 12.2. The van der Waals surface area contributed by atoms with E-state index in [0.717, 1.165) is 114 Å². The van der Waals surface area contributed by atoms with Gasteiger partial charge in [-0.05, 0) is 43.4 Å². The van der Waals surface area contributed by atoms with Crippen LogP contribution in [0.15, 0.2) is 0 Å². The Morgan fingerprint density at radius 2 is 0.567 bits per heavy atom. The number of rotatable bonds is 69. The van der Waals surface area contributed by atoms with Crippen LogP contribution in [0.2, 0.25) is 0 Å². The van der Waals surface area contributed by atoms with Gasteiger partial charge in [-0.15, -0.1) is 0 Å². The molecule has 0 aliphatic carbocycles. The Kier molecular flexibility index (Phi) is 60.6. The van der Waals surface area contributed by atoms with Gasteiger partial charge in [-0.1, -0.05) is 305 Å². The predicted octanol–water partition coefficient (Wildman–Crippen LogP) is 20.2. The van der Waals surface area contributed by atoms with E-state index in [9.17, 15) is 43.2 Å². The molecule has 7 atom stereocenters. The number of aliphatic hydroxyl groups excluding tert-OH is 1. The van der Waals surface area contributed by atoms with E-state index in [2.05, 4.69) is 48.5 Å². The van der Waals surface area contributed by atoms with Gasteiger partial charge in [-0.3, -0.25) is 37.3 Å². The highest BCUT2D eigenvalue weighted by Gasteiger charge is 2.30. The second-order valence-electron chi connectivity index (χ2n) is 26.6. The molecule has 0 bridgehead atoms. The highest BCUT2D eigenvalue weighted by atomic mass is 31.2. The molecule has 0 aliphatic rings. The molecule has 0 fully saturated rings. The van der Waals surface area contributed by atoms with Gasteiger partial charge >= 0.3 is 39.5 Å². The van der Waals surface area contributed by atoms with Gasteiger partial charge in [0, 0.05) is 25.7 Å². The van der Waals surface area contributed by atoms with Gasteiger partial charge in [0.1, 0.15) is 19.3 Å². The zero-order valence-electron chi connectivity index (χ0n) is 58.6. The lowest BCUT2D eigenvalue weighted by Crippen LogP contribution is -2.30. The van der Waals surface area contributed by atoms with Gasteiger partial charge in [0.15, 0.2) is 12.2 Å². The van der Waals surface area contributed by atoms with Crippen molar-refractivity contribution < 1.29 is 80.2 Å². The van der Waals surface area contributed by atoms with Gasteiger partial charge in [-0.2, -0.15) is 0 Å². The van der Waals surface area contributed by atoms with Crippen LogP contribution < -0.4 is 0 Å². The van der Waals surface area contributed by atoms with E-state index in [1.807, 2.05) is 0 Å². The highest BCUT2D eigenvalue weighted by Crippen LogP contribution is 2.45. The number of carbonyl (C=O) groups is 4. The van der Waals surface area contributed by atoms with E-state index in [0.29, 0.717) is 25.7 Å². The first kappa shape index (κ1) is 88.1. The maximum Gasteiger partial charge on any atom is 0.472 e. The van der Waals surface area contributed by atoms with Gasteiger partial charge in [-0.25, -0.2) is 9.13 Å². The summed E-state index contributed by atoms with van der Waals surface area (Å²) in [7, 11) is -9.90. The van der Waals surface area contributed by atoms with Crippen LogP contribution in [0.4, 0.5) is 0 Å². The Morgan fingerprint density at radius 3 is 0.844 bits per heavy atom. The minimum Gasteiger partial charge on any atom is -0.462 e. The van der Waals surface area contributed by atoms with Crippen LogP contribution in [0, 0.1) is 17.8 Å². The van der Waals surface area contributed by atoms with E-state index in [4.69, 9.17) is 37.0 Å². The molecule has 534 valence electrons. The van der Waals surface area contributed by atoms with E-state index in [-0.39, 0.29) is 25.7 Å². The first-order valence-corrected chi connectivity index (χ1v) is 39.9. The lowest BCUT2D eigenvalue weighted by Gasteiger charge is -2.21. The molecule has 0 saturated carbocycles. The summed E-state index contributed by atoms with van der Waals surface area (Å²) in [4.78, 5) is 72.6. The summed E-state index contributed by atoms with van der Waals surface area (Å²) in [5, 5.41) is 10.6. The van der Waals surface area contributed by atoms with Crippen LogP contribution in [0.5, 0.6) is 0 Å². The Morgan fingerprint density at radius 1 is 0.322 bits per heavy atom. The largest absolute Gasteiger partial charge is 0.472 e. The molecule has 3 N–H and O–H groups in total. The van der Waals surface area contributed by atoms with Crippen molar-refractivity contribution in [2.75, 3.05) is 39.6 Å². The summed E-state index contributed by atoms with van der Waals surface area (Å²) in [6, 6.07) is 0. The molecule has 0 saturated heterocycles. The number of esters is 4. The highest BCUT2D eigenvalue weighted by molar-refractivity contribution is 7.47. The molecule has 90 heavy (non-hydrogen) atoms. The number of phosphoric ester groups is 2. The van der Waals surface area contributed by atoms with Crippen LogP contribution in [0.1, 0.15) is 357 Å². The lowest BCUT2D eigenvalue weighted by atomic mass is 9.99. The second-order valence-corrected chi connectivity index (χ2v) is 29.5. The Bertz CT molecular complexity index is 1770. The molecule has 0 heterocycles. The summed E-state index contributed by atoms with van der Waals surface area (Å²) in [6.07, 6.45) is 45.7. The molecule has 0 radical (unpaired) electrons. The topological polar surface area (TPSA) is 237 Å². The van der Waals surface area contributed by atoms with Crippen molar-refractivity contribution in [3.05, 3.63) is 0 Å². The molecule has 17 nitrogen and oxygen atoms in total. The van der Waals surface area contributed by atoms with E-state index in [1.165, 1.54) is 161 Å². The maximum absolute atomic E-state index is 13.0. The van der Waals surface area contributed by atoms with Crippen molar-refractivity contribution in [2.45, 2.75) is 375 Å². The summed E-state index contributed by atoms with van der Waals surface area (Å²) >= 11 is 0. The molecule has 19 heteroatoms. The molecule has 0 aromatic rings. The molecule has 4 unspecified atom stereocenters. The van der Waals surface area contributed by atoms with Crippen LogP contribution in [0.25, 0.3) is 0 Å². The van der Waals surface area contributed by atoms with Crippen LogP contribution in [-0.2, 0) is 65.4 Å². The van der Waals surface area contributed by atoms with E-state index >= 15 is 0 Å². The van der Waals surface area contributed by atoms with Crippen LogP contribution >= 0.6 is 15.6 Å².